The molecule has 0 saturated heterocycles. The molecule has 0 aliphatic heterocycles. The summed E-state index contributed by atoms with van der Waals surface area (Å²) in [6.07, 6.45) is 1.09. The predicted molar refractivity (Wildman–Crippen MR) is 64.6 cm³/mol. The summed E-state index contributed by atoms with van der Waals surface area (Å²) < 4.78 is 2.65. The summed E-state index contributed by atoms with van der Waals surface area (Å²) in [5.41, 5.74) is 1.27. The molecule has 0 bridgehead atoms. The molecule has 1 N–H and O–H groups in total. The van der Waals surface area contributed by atoms with E-state index in [9.17, 15) is 0 Å². The van der Waals surface area contributed by atoms with Crippen LogP contribution in [0.2, 0.25) is 0 Å². The van der Waals surface area contributed by atoms with E-state index >= 15 is 0 Å². The van der Waals surface area contributed by atoms with Crippen LogP contribution in [0.15, 0.2) is 4.60 Å². The van der Waals surface area contributed by atoms with Gasteiger partial charge in [-0.1, -0.05) is 26.0 Å². The van der Waals surface area contributed by atoms with E-state index in [-0.39, 0.29) is 11.5 Å². The van der Waals surface area contributed by atoms with Crippen molar-refractivity contribution in [2.75, 3.05) is 7.05 Å². The molecule has 0 fully saturated rings. The third-order valence-corrected chi connectivity index (χ3v) is 3.65. The molecule has 15 heavy (non-hydrogen) atoms. The highest BCUT2D eigenvalue weighted by Crippen LogP contribution is 2.37. The molecule has 86 valence electrons. The molecule has 1 rings (SSSR count). The Labute approximate surface area is 99.6 Å². The molecule has 0 aliphatic carbocycles. The third-order valence-electron chi connectivity index (χ3n) is 3.08. The lowest BCUT2D eigenvalue weighted by molar-refractivity contribution is 0.235. The van der Waals surface area contributed by atoms with Crippen molar-refractivity contribution in [3.05, 3.63) is 10.3 Å². The van der Waals surface area contributed by atoms with Gasteiger partial charge in [-0.3, -0.25) is 0 Å². The van der Waals surface area contributed by atoms with Gasteiger partial charge in [0.25, 0.3) is 0 Å². The number of hydrogen-bond donors (Lipinski definition) is 1. The first-order chi connectivity index (χ1) is 6.94. The molecule has 5 heteroatoms. The fourth-order valence-corrected chi connectivity index (χ4v) is 2.30. The molecule has 1 heterocycles. The van der Waals surface area contributed by atoms with Gasteiger partial charge in [-0.2, -0.15) is 0 Å². The zero-order chi connectivity index (χ0) is 11.6. The highest BCUT2D eigenvalue weighted by molar-refractivity contribution is 9.10. The van der Waals surface area contributed by atoms with Crippen LogP contribution < -0.4 is 5.32 Å². The zero-order valence-corrected chi connectivity index (χ0v) is 11.6. The van der Waals surface area contributed by atoms with Crippen molar-refractivity contribution >= 4 is 15.9 Å². The summed E-state index contributed by atoms with van der Waals surface area (Å²) in [4.78, 5) is 0. The van der Waals surface area contributed by atoms with E-state index in [0.29, 0.717) is 0 Å². The molecule has 1 aromatic rings. The SMILES string of the molecule is CCC(C)(C)C(NC)c1c(Br)nnn1C. The third kappa shape index (κ3) is 2.39. The summed E-state index contributed by atoms with van der Waals surface area (Å²) in [6.45, 7) is 6.68. The Morgan fingerprint density at radius 1 is 1.53 bits per heavy atom. The Balaban J connectivity index is 3.13. The van der Waals surface area contributed by atoms with Crippen molar-refractivity contribution in [2.24, 2.45) is 12.5 Å². The van der Waals surface area contributed by atoms with Gasteiger partial charge in [-0.15, -0.1) is 5.10 Å². The standard InChI is InChI=1S/C10H19BrN4/c1-6-10(2,3)8(12-4)7-9(11)13-14-15(7)5/h8,12H,6H2,1-5H3. The van der Waals surface area contributed by atoms with Crippen LogP contribution >= 0.6 is 15.9 Å². The number of rotatable bonds is 4. The largest absolute Gasteiger partial charge is 0.311 e. The summed E-state index contributed by atoms with van der Waals surface area (Å²) in [7, 11) is 3.89. The van der Waals surface area contributed by atoms with Gasteiger partial charge in [0.1, 0.15) is 0 Å². The van der Waals surface area contributed by atoms with Gasteiger partial charge >= 0.3 is 0 Å². The number of hydrogen-bond acceptors (Lipinski definition) is 3. The number of nitrogens with one attached hydrogen (secondary N) is 1. The van der Waals surface area contributed by atoms with Crippen LogP contribution in [-0.2, 0) is 7.05 Å². The van der Waals surface area contributed by atoms with E-state index in [2.05, 4.69) is 52.3 Å². The first kappa shape index (κ1) is 12.6. The minimum Gasteiger partial charge on any atom is -0.311 e. The molecule has 0 aliphatic rings. The van der Waals surface area contributed by atoms with E-state index in [1.54, 1.807) is 0 Å². The lowest BCUT2D eigenvalue weighted by Crippen LogP contribution is -2.33. The topological polar surface area (TPSA) is 42.7 Å². The Morgan fingerprint density at radius 2 is 2.13 bits per heavy atom. The van der Waals surface area contributed by atoms with Crippen LogP contribution in [0, 0.1) is 5.41 Å². The summed E-state index contributed by atoms with van der Waals surface area (Å²) in [6, 6.07) is 0.247. The maximum Gasteiger partial charge on any atom is 0.153 e. The molecule has 0 amide bonds. The second kappa shape index (κ2) is 4.61. The first-order valence-corrected chi connectivity index (χ1v) is 5.95. The molecule has 1 atom stereocenters. The normalized spacial score (nSPS) is 14.3. The van der Waals surface area contributed by atoms with Crippen LogP contribution in [0.3, 0.4) is 0 Å². The van der Waals surface area contributed by atoms with E-state index in [1.165, 1.54) is 0 Å². The predicted octanol–water partition coefficient (Wildman–Crippen LogP) is 2.27. The lowest BCUT2D eigenvalue weighted by Gasteiger charge is -2.33. The average Bonchev–Trinajstić information content (AvgIpc) is 2.50. The number of aromatic nitrogens is 3. The van der Waals surface area contributed by atoms with Gasteiger partial charge < -0.3 is 5.32 Å². The van der Waals surface area contributed by atoms with Crippen LogP contribution in [0.5, 0.6) is 0 Å². The van der Waals surface area contributed by atoms with Crippen LogP contribution in [-0.4, -0.2) is 22.0 Å². The molecular weight excluding hydrogens is 256 g/mol. The van der Waals surface area contributed by atoms with Crippen LogP contribution in [0.1, 0.15) is 38.9 Å². The fraction of sp³-hybridized carbons (Fsp3) is 0.800. The van der Waals surface area contributed by atoms with Crippen molar-refractivity contribution in [3.63, 3.8) is 0 Å². The Bertz CT molecular complexity index is 313. The Morgan fingerprint density at radius 3 is 2.47 bits per heavy atom. The minimum atomic E-state index is 0.173. The first-order valence-electron chi connectivity index (χ1n) is 5.16. The fourth-order valence-electron chi connectivity index (χ4n) is 1.75. The van der Waals surface area contributed by atoms with Gasteiger partial charge in [0.2, 0.25) is 0 Å². The van der Waals surface area contributed by atoms with Crippen LogP contribution in [0.4, 0.5) is 0 Å². The van der Waals surface area contributed by atoms with Crippen molar-refractivity contribution < 1.29 is 0 Å². The number of halogens is 1. The molecule has 0 spiro atoms. The second-order valence-electron chi connectivity index (χ2n) is 4.45. The lowest BCUT2D eigenvalue weighted by atomic mass is 9.80. The summed E-state index contributed by atoms with van der Waals surface area (Å²) in [5.74, 6) is 0. The highest BCUT2D eigenvalue weighted by atomic mass is 79.9. The molecule has 0 radical (unpaired) electrons. The number of nitrogens with zero attached hydrogens (tertiary/aromatic N) is 3. The van der Waals surface area contributed by atoms with Crippen molar-refractivity contribution in [2.45, 2.75) is 33.2 Å². The average molecular weight is 275 g/mol. The molecule has 1 unspecified atom stereocenters. The van der Waals surface area contributed by atoms with Gasteiger partial charge in [-0.05, 0) is 34.8 Å². The van der Waals surface area contributed by atoms with Crippen molar-refractivity contribution in [1.82, 2.24) is 20.3 Å². The van der Waals surface area contributed by atoms with E-state index in [1.807, 2.05) is 18.8 Å². The van der Waals surface area contributed by atoms with E-state index < -0.39 is 0 Å². The minimum absolute atomic E-state index is 0.173. The van der Waals surface area contributed by atoms with E-state index in [4.69, 9.17) is 0 Å². The van der Waals surface area contributed by atoms with Crippen molar-refractivity contribution in [3.8, 4) is 0 Å². The number of aryl methyl sites for hydroxylation is 1. The summed E-state index contributed by atoms with van der Waals surface area (Å²) in [5, 5.41) is 11.4. The van der Waals surface area contributed by atoms with Gasteiger partial charge in [0.05, 0.1) is 11.7 Å². The van der Waals surface area contributed by atoms with E-state index in [0.717, 1.165) is 16.7 Å². The van der Waals surface area contributed by atoms with Crippen LogP contribution in [0.25, 0.3) is 0 Å². The Kier molecular flexibility index (Phi) is 3.89. The van der Waals surface area contributed by atoms with Gasteiger partial charge in [-0.25, -0.2) is 4.68 Å². The molecular formula is C10H19BrN4. The smallest absolute Gasteiger partial charge is 0.153 e. The zero-order valence-electron chi connectivity index (χ0n) is 10.0. The highest BCUT2D eigenvalue weighted by Gasteiger charge is 2.32. The van der Waals surface area contributed by atoms with Gasteiger partial charge in [0, 0.05) is 7.05 Å². The maximum atomic E-state index is 4.02. The van der Waals surface area contributed by atoms with Crippen molar-refractivity contribution in [1.29, 1.82) is 0 Å². The Hall–Kier alpha value is -0.420. The molecule has 0 aromatic carbocycles. The summed E-state index contributed by atoms with van der Waals surface area (Å²) >= 11 is 3.45. The molecule has 4 nitrogen and oxygen atoms in total. The van der Waals surface area contributed by atoms with Gasteiger partial charge in [0.15, 0.2) is 4.60 Å². The molecule has 1 aromatic heterocycles. The monoisotopic (exact) mass is 274 g/mol. The quantitative estimate of drug-likeness (QED) is 0.916. The second-order valence-corrected chi connectivity index (χ2v) is 5.20. The maximum absolute atomic E-state index is 4.02. The molecule has 0 saturated carbocycles.